The van der Waals surface area contributed by atoms with Gasteiger partial charge in [0.05, 0.1) is 23.1 Å². The fourth-order valence-electron chi connectivity index (χ4n) is 3.11. The third kappa shape index (κ3) is 4.22. The van der Waals surface area contributed by atoms with Gasteiger partial charge in [-0.1, -0.05) is 49.0 Å². The zero-order chi connectivity index (χ0) is 19.4. The number of hydrogen-bond acceptors (Lipinski definition) is 4. The molecule has 2 aromatic carbocycles. The van der Waals surface area contributed by atoms with Crippen LogP contribution in [-0.2, 0) is 11.2 Å². The van der Waals surface area contributed by atoms with E-state index in [4.69, 9.17) is 9.73 Å². The molecule has 0 unspecified atom stereocenters. The average Bonchev–Trinajstić information content (AvgIpc) is 2.65. The second-order valence-electron chi connectivity index (χ2n) is 6.87. The summed E-state index contributed by atoms with van der Waals surface area (Å²) in [6.07, 6.45) is 0.866. The van der Waals surface area contributed by atoms with Crippen molar-refractivity contribution in [1.29, 1.82) is 0 Å². The zero-order valence-corrected chi connectivity index (χ0v) is 16.1. The Kier molecular flexibility index (Phi) is 5.65. The Labute approximate surface area is 161 Å². The molecule has 1 aliphatic heterocycles. The SMILES string of the molecule is C=C1C(OC(C)C)=C(C)N=C(c2ccccc2O)N1CCc1ccccc1. The minimum absolute atomic E-state index is 0.0320. The molecule has 0 radical (unpaired) electrons. The van der Waals surface area contributed by atoms with Crippen LogP contribution < -0.4 is 0 Å². The first kappa shape index (κ1) is 18.8. The van der Waals surface area contributed by atoms with Crippen molar-refractivity contribution in [3.05, 3.63) is 89.5 Å². The highest BCUT2D eigenvalue weighted by Crippen LogP contribution is 2.31. The van der Waals surface area contributed by atoms with Crippen LogP contribution in [0.5, 0.6) is 5.75 Å². The summed E-state index contributed by atoms with van der Waals surface area (Å²) in [4.78, 5) is 6.80. The molecule has 3 rings (SSSR count). The van der Waals surface area contributed by atoms with Gasteiger partial charge >= 0.3 is 0 Å². The standard InChI is InChI=1S/C23H26N2O2/c1-16(2)27-22-17(3)24-23(20-12-8-9-13-21(20)26)25(18(22)4)15-14-19-10-6-5-7-11-19/h5-13,16,26H,4,14-15H2,1-3H3. The molecule has 27 heavy (non-hydrogen) atoms. The minimum atomic E-state index is 0.0320. The largest absolute Gasteiger partial charge is 0.507 e. The van der Waals surface area contributed by atoms with E-state index in [1.54, 1.807) is 12.1 Å². The van der Waals surface area contributed by atoms with Crippen molar-refractivity contribution in [3.8, 4) is 5.75 Å². The van der Waals surface area contributed by atoms with Gasteiger partial charge in [0.2, 0.25) is 0 Å². The Hall–Kier alpha value is -3.01. The maximum Gasteiger partial charge on any atom is 0.163 e. The lowest BCUT2D eigenvalue weighted by Crippen LogP contribution is -2.36. The molecule has 0 amide bonds. The van der Waals surface area contributed by atoms with Crippen molar-refractivity contribution in [2.45, 2.75) is 33.3 Å². The molecule has 1 heterocycles. The van der Waals surface area contributed by atoms with E-state index in [1.165, 1.54) is 5.56 Å². The number of benzene rings is 2. The Bertz CT molecular complexity index is 882. The summed E-state index contributed by atoms with van der Waals surface area (Å²) >= 11 is 0. The van der Waals surface area contributed by atoms with Crippen molar-refractivity contribution in [1.82, 2.24) is 4.90 Å². The molecule has 4 nitrogen and oxygen atoms in total. The van der Waals surface area contributed by atoms with Crippen molar-refractivity contribution in [3.63, 3.8) is 0 Å². The molecule has 1 N–H and O–H groups in total. The van der Waals surface area contributed by atoms with Crippen LogP contribution >= 0.6 is 0 Å². The van der Waals surface area contributed by atoms with E-state index in [0.29, 0.717) is 23.7 Å². The van der Waals surface area contributed by atoms with Crippen LogP contribution in [0.3, 0.4) is 0 Å². The van der Waals surface area contributed by atoms with E-state index in [2.05, 4.69) is 18.7 Å². The average molecular weight is 362 g/mol. The summed E-state index contributed by atoms with van der Waals surface area (Å²) < 4.78 is 5.98. The van der Waals surface area contributed by atoms with Gasteiger partial charge in [0.15, 0.2) is 5.76 Å². The minimum Gasteiger partial charge on any atom is -0.507 e. The molecule has 0 saturated carbocycles. The first-order valence-electron chi connectivity index (χ1n) is 9.22. The number of phenols is 1. The lowest BCUT2D eigenvalue weighted by Gasteiger charge is -2.34. The normalized spacial score (nSPS) is 14.6. The maximum atomic E-state index is 10.4. The number of aromatic hydroxyl groups is 1. The molecule has 0 fully saturated rings. The summed E-state index contributed by atoms with van der Waals surface area (Å²) in [5.41, 5.74) is 3.46. The molecule has 0 bridgehead atoms. The number of hydrogen-bond donors (Lipinski definition) is 1. The second-order valence-corrected chi connectivity index (χ2v) is 6.87. The van der Waals surface area contributed by atoms with Gasteiger partial charge in [-0.15, -0.1) is 0 Å². The number of amidine groups is 1. The van der Waals surface area contributed by atoms with E-state index in [9.17, 15) is 5.11 Å². The number of para-hydroxylation sites is 1. The van der Waals surface area contributed by atoms with E-state index >= 15 is 0 Å². The number of phenolic OH excluding ortho intramolecular Hbond substituents is 1. The lowest BCUT2D eigenvalue weighted by atomic mass is 10.1. The van der Waals surface area contributed by atoms with Crippen LogP contribution in [0.15, 0.2) is 83.3 Å². The van der Waals surface area contributed by atoms with Gasteiger partial charge in [-0.2, -0.15) is 0 Å². The van der Waals surface area contributed by atoms with Gasteiger partial charge in [-0.3, -0.25) is 0 Å². The fourth-order valence-corrected chi connectivity index (χ4v) is 3.11. The van der Waals surface area contributed by atoms with Gasteiger partial charge in [0.25, 0.3) is 0 Å². The smallest absolute Gasteiger partial charge is 0.163 e. The van der Waals surface area contributed by atoms with E-state index in [1.807, 2.05) is 56.0 Å². The topological polar surface area (TPSA) is 45.1 Å². The number of aliphatic imine (C=N–C) groups is 1. The van der Waals surface area contributed by atoms with Crippen molar-refractivity contribution < 1.29 is 9.84 Å². The molecule has 0 saturated heterocycles. The van der Waals surface area contributed by atoms with Crippen LogP contribution in [0.25, 0.3) is 0 Å². The summed E-state index contributed by atoms with van der Waals surface area (Å²) in [6, 6.07) is 17.6. The van der Waals surface area contributed by atoms with Gasteiger partial charge in [0, 0.05) is 6.54 Å². The molecule has 0 spiro atoms. The fraction of sp³-hybridized carbons (Fsp3) is 0.261. The van der Waals surface area contributed by atoms with Gasteiger partial charge in [0.1, 0.15) is 11.6 Å². The number of allylic oxidation sites excluding steroid dienone is 1. The Balaban J connectivity index is 1.98. The highest BCUT2D eigenvalue weighted by Gasteiger charge is 2.28. The van der Waals surface area contributed by atoms with E-state index < -0.39 is 0 Å². The zero-order valence-electron chi connectivity index (χ0n) is 16.1. The van der Waals surface area contributed by atoms with Crippen LogP contribution in [-0.4, -0.2) is 28.5 Å². The molecule has 0 aliphatic carbocycles. The number of ether oxygens (including phenoxy) is 1. The monoisotopic (exact) mass is 362 g/mol. The Morgan fingerprint density at radius 1 is 1.07 bits per heavy atom. The van der Waals surface area contributed by atoms with Crippen LogP contribution in [0.2, 0.25) is 0 Å². The van der Waals surface area contributed by atoms with Crippen molar-refractivity contribution in [2.75, 3.05) is 6.54 Å². The van der Waals surface area contributed by atoms with Crippen molar-refractivity contribution in [2.24, 2.45) is 4.99 Å². The van der Waals surface area contributed by atoms with Crippen LogP contribution in [0, 0.1) is 0 Å². The second kappa shape index (κ2) is 8.12. The predicted molar refractivity (Wildman–Crippen MR) is 110 cm³/mol. The third-order valence-corrected chi connectivity index (χ3v) is 4.41. The third-order valence-electron chi connectivity index (χ3n) is 4.41. The molecular weight excluding hydrogens is 336 g/mol. The predicted octanol–water partition coefficient (Wildman–Crippen LogP) is 4.87. The van der Waals surface area contributed by atoms with Gasteiger partial charge < -0.3 is 14.7 Å². The molecule has 1 aliphatic rings. The molecule has 140 valence electrons. The number of nitrogens with zero attached hydrogens (tertiary/aromatic N) is 2. The van der Waals surface area contributed by atoms with Gasteiger partial charge in [-0.05, 0) is 44.9 Å². The molecule has 0 atom stereocenters. The summed E-state index contributed by atoms with van der Waals surface area (Å²) in [6.45, 7) is 10.9. The number of rotatable bonds is 6. The Morgan fingerprint density at radius 2 is 1.74 bits per heavy atom. The Morgan fingerprint density at radius 3 is 2.41 bits per heavy atom. The lowest BCUT2D eigenvalue weighted by molar-refractivity contribution is 0.142. The van der Waals surface area contributed by atoms with Crippen LogP contribution in [0.1, 0.15) is 31.9 Å². The highest BCUT2D eigenvalue weighted by atomic mass is 16.5. The summed E-state index contributed by atoms with van der Waals surface area (Å²) in [5, 5.41) is 10.4. The molecule has 0 aromatic heterocycles. The summed E-state index contributed by atoms with van der Waals surface area (Å²) in [5.74, 6) is 1.61. The molecule has 4 heteroatoms. The first-order chi connectivity index (χ1) is 13.0. The van der Waals surface area contributed by atoms with E-state index in [0.717, 1.165) is 17.8 Å². The highest BCUT2D eigenvalue weighted by molar-refractivity contribution is 6.03. The molecule has 2 aromatic rings. The molecular formula is C23H26N2O2. The maximum absolute atomic E-state index is 10.4. The van der Waals surface area contributed by atoms with Crippen LogP contribution in [0.4, 0.5) is 0 Å². The van der Waals surface area contributed by atoms with E-state index in [-0.39, 0.29) is 11.9 Å². The van der Waals surface area contributed by atoms with Gasteiger partial charge in [-0.25, -0.2) is 4.99 Å². The quantitative estimate of drug-likeness (QED) is 0.797. The summed E-state index contributed by atoms with van der Waals surface area (Å²) in [7, 11) is 0. The first-order valence-corrected chi connectivity index (χ1v) is 9.22. The van der Waals surface area contributed by atoms with Crippen molar-refractivity contribution >= 4 is 5.84 Å².